The summed E-state index contributed by atoms with van der Waals surface area (Å²) >= 11 is 0. The van der Waals surface area contributed by atoms with Gasteiger partial charge < -0.3 is 19.6 Å². The minimum Gasteiger partial charge on any atom is -0.489 e. The Hall–Kier alpha value is -2.76. The third kappa shape index (κ3) is 2.74. The second-order valence-electron chi connectivity index (χ2n) is 4.74. The lowest BCUT2D eigenvalue weighted by atomic mass is 10.0. The first-order valence-electron chi connectivity index (χ1n) is 6.49. The summed E-state index contributed by atoms with van der Waals surface area (Å²) in [6, 6.07) is 7.00. The van der Waals surface area contributed by atoms with Gasteiger partial charge in [-0.1, -0.05) is 6.07 Å². The Morgan fingerprint density at radius 3 is 3.00 bits per heavy atom. The van der Waals surface area contributed by atoms with Crippen molar-refractivity contribution in [2.75, 3.05) is 5.32 Å². The number of hydrogen-bond acceptors (Lipinski definition) is 4. The number of nitrogens with one attached hydrogen (secondary N) is 1. The molecule has 0 aliphatic carbocycles. The minimum absolute atomic E-state index is 0.0114. The standard InChI is InChI=1S/C15H13NO5/c17-13-4-2-9-1-3-11(7-12(9)16-13)21-8-10-5-6-20-14(10)15(18)19/h1,3,5-7H,2,4,8H2,(H,16,17)(H,18,19). The molecule has 0 saturated heterocycles. The first-order valence-corrected chi connectivity index (χ1v) is 6.49. The molecule has 3 rings (SSSR count). The number of aryl methyl sites for hydroxylation is 1. The lowest BCUT2D eigenvalue weighted by Gasteiger charge is -2.17. The van der Waals surface area contributed by atoms with Gasteiger partial charge in [0, 0.05) is 23.7 Å². The fourth-order valence-corrected chi connectivity index (χ4v) is 2.24. The second kappa shape index (κ2) is 5.32. The van der Waals surface area contributed by atoms with Crippen molar-refractivity contribution in [3.8, 4) is 5.75 Å². The number of ether oxygens (including phenoxy) is 1. The molecular weight excluding hydrogens is 274 g/mol. The van der Waals surface area contributed by atoms with Crippen molar-refractivity contribution in [1.29, 1.82) is 0 Å². The number of carboxylic acid groups (broad SMARTS) is 1. The summed E-state index contributed by atoms with van der Waals surface area (Å²) in [5, 5.41) is 11.7. The molecule has 0 spiro atoms. The first kappa shape index (κ1) is 13.2. The molecule has 21 heavy (non-hydrogen) atoms. The topological polar surface area (TPSA) is 88.8 Å². The van der Waals surface area contributed by atoms with Gasteiger partial charge >= 0.3 is 5.97 Å². The molecule has 108 valence electrons. The van der Waals surface area contributed by atoms with Gasteiger partial charge in [-0.2, -0.15) is 0 Å². The predicted molar refractivity (Wildman–Crippen MR) is 73.4 cm³/mol. The molecule has 0 fully saturated rings. The molecule has 2 aromatic rings. The number of anilines is 1. The van der Waals surface area contributed by atoms with Crippen LogP contribution in [0.5, 0.6) is 5.75 Å². The van der Waals surface area contributed by atoms with E-state index >= 15 is 0 Å². The molecule has 6 nitrogen and oxygen atoms in total. The predicted octanol–water partition coefficient (Wildman–Crippen LogP) is 2.44. The number of aromatic carboxylic acids is 1. The molecular formula is C15H13NO5. The molecule has 6 heteroatoms. The Bertz CT molecular complexity index is 704. The Labute approximate surface area is 120 Å². The second-order valence-corrected chi connectivity index (χ2v) is 4.74. The summed E-state index contributed by atoms with van der Waals surface area (Å²) in [5.41, 5.74) is 2.27. The van der Waals surface area contributed by atoms with Crippen LogP contribution >= 0.6 is 0 Å². The van der Waals surface area contributed by atoms with Crippen LogP contribution in [-0.2, 0) is 17.8 Å². The van der Waals surface area contributed by atoms with Crippen LogP contribution in [0.15, 0.2) is 34.9 Å². The number of carbonyl (C=O) groups excluding carboxylic acids is 1. The Balaban J connectivity index is 1.74. The van der Waals surface area contributed by atoms with E-state index in [-0.39, 0.29) is 18.3 Å². The normalized spacial score (nSPS) is 13.4. The summed E-state index contributed by atoms with van der Waals surface area (Å²) < 4.78 is 10.5. The minimum atomic E-state index is -1.13. The van der Waals surface area contributed by atoms with E-state index in [1.165, 1.54) is 6.26 Å². The van der Waals surface area contributed by atoms with Gasteiger partial charge in [-0.25, -0.2) is 4.79 Å². The quantitative estimate of drug-likeness (QED) is 0.901. The largest absolute Gasteiger partial charge is 0.489 e. The number of amides is 1. The molecule has 1 amide bonds. The van der Waals surface area contributed by atoms with Crippen LogP contribution in [0.2, 0.25) is 0 Å². The number of furan rings is 1. The highest BCUT2D eigenvalue weighted by molar-refractivity contribution is 5.94. The zero-order valence-corrected chi connectivity index (χ0v) is 11.1. The van der Waals surface area contributed by atoms with Crippen LogP contribution in [-0.4, -0.2) is 17.0 Å². The maximum Gasteiger partial charge on any atom is 0.372 e. The molecule has 1 aliphatic heterocycles. The zero-order valence-electron chi connectivity index (χ0n) is 11.1. The van der Waals surface area contributed by atoms with Gasteiger partial charge in [0.15, 0.2) is 0 Å². The highest BCUT2D eigenvalue weighted by atomic mass is 16.5. The Morgan fingerprint density at radius 1 is 1.33 bits per heavy atom. The van der Waals surface area contributed by atoms with Gasteiger partial charge in [0.2, 0.25) is 11.7 Å². The highest BCUT2D eigenvalue weighted by Gasteiger charge is 2.16. The molecule has 0 atom stereocenters. The maximum absolute atomic E-state index is 11.4. The number of rotatable bonds is 4. The lowest BCUT2D eigenvalue weighted by molar-refractivity contribution is -0.116. The van der Waals surface area contributed by atoms with E-state index in [0.717, 1.165) is 11.3 Å². The molecule has 0 bridgehead atoms. The lowest BCUT2D eigenvalue weighted by Crippen LogP contribution is -2.18. The molecule has 0 radical (unpaired) electrons. The maximum atomic E-state index is 11.4. The van der Waals surface area contributed by atoms with Crippen molar-refractivity contribution in [3.05, 3.63) is 47.4 Å². The van der Waals surface area contributed by atoms with E-state index in [1.54, 1.807) is 18.2 Å². The van der Waals surface area contributed by atoms with E-state index in [2.05, 4.69) is 5.32 Å². The summed E-state index contributed by atoms with van der Waals surface area (Å²) in [4.78, 5) is 22.3. The zero-order chi connectivity index (χ0) is 14.8. The molecule has 1 aliphatic rings. The van der Waals surface area contributed by atoms with Crippen LogP contribution in [0.4, 0.5) is 5.69 Å². The van der Waals surface area contributed by atoms with Crippen LogP contribution in [0, 0.1) is 0 Å². The summed E-state index contributed by atoms with van der Waals surface area (Å²) in [7, 11) is 0. The van der Waals surface area contributed by atoms with Gasteiger partial charge in [-0.15, -0.1) is 0 Å². The van der Waals surface area contributed by atoms with E-state index in [4.69, 9.17) is 14.3 Å². The molecule has 1 aromatic carbocycles. The highest BCUT2D eigenvalue weighted by Crippen LogP contribution is 2.27. The van der Waals surface area contributed by atoms with Crippen LogP contribution < -0.4 is 10.1 Å². The van der Waals surface area contributed by atoms with Crippen molar-refractivity contribution in [2.45, 2.75) is 19.4 Å². The summed E-state index contributed by atoms with van der Waals surface area (Å²) in [5.74, 6) is -0.700. The smallest absolute Gasteiger partial charge is 0.372 e. The van der Waals surface area contributed by atoms with Gasteiger partial charge in [-0.3, -0.25) is 4.79 Å². The summed E-state index contributed by atoms with van der Waals surface area (Å²) in [6.45, 7) is 0.0882. The molecule has 1 aromatic heterocycles. The van der Waals surface area contributed by atoms with E-state index < -0.39 is 5.97 Å². The van der Waals surface area contributed by atoms with Crippen molar-refractivity contribution in [2.24, 2.45) is 0 Å². The van der Waals surface area contributed by atoms with Crippen molar-refractivity contribution >= 4 is 17.6 Å². The van der Waals surface area contributed by atoms with Crippen LogP contribution in [0.25, 0.3) is 0 Å². The third-order valence-corrected chi connectivity index (χ3v) is 3.31. The van der Waals surface area contributed by atoms with Gasteiger partial charge in [0.1, 0.15) is 12.4 Å². The van der Waals surface area contributed by atoms with E-state index in [9.17, 15) is 9.59 Å². The van der Waals surface area contributed by atoms with E-state index in [0.29, 0.717) is 24.2 Å². The fraction of sp³-hybridized carbons (Fsp3) is 0.200. The van der Waals surface area contributed by atoms with Crippen LogP contribution in [0.3, 0.4) is 0 Å². The SMILES string of the molecule is O=C1CCc2ccc(OCc3ccoc3C(=O)O)cc2N1. The third-order valence-electron chi connectivity index (χ3n) is 3.31. The Morgan fingerprint density at radius 2 is 2.19 bits per heavy atom. The summed E-state index contributed by atoms with van der Waals surface area (Å²) in [6.07, 6.45) is 2.52. The molecule has 0 saturated carbocycles. The first-order chi connectivity index (χ1) is 10.1. The Kier molecular flexibility index (Phi) is 3.35. The average Bonchev–Trinajstić information content (AvgIpc) is 2.93. The van der Waals surface area contributed by atoms with Gasteiger partial charge in [-0.05, 0) is 24.1 Å². The number of fused-ring (bicyclic) bond motifs is 1. The number of carboxylic acids is 1. The number of benzene rings is 1. The number of hydrogen-bond donors (Lipinski definition) is 2. The van der Waals surface area contributed by atoms with Crippen molar-refractivity contribution in [1.82, 2.24) is 0 Å². The average molecular weight is 287 g/mol. The monoisotopic (exact) mass is 287 g/mol. The van der Waals surface area contributed by atoms with Crippen molar-refractivity contribution in [3.63, 3.8) is 0 Å². The molecule has 2 N–H and O–H groups in total. The van der Waals surface area contributed by atoms with Gasteiger partial charge in [0.25, 0.3) is 0 Å². The number of carbonyl (C=O) groups is 2. The molecule has 2 heterocycles. The van der Waals surface area contributed by atoms with Crippen molar-refractivity contribution < 1.29 is 23.8 Å². The molecule has 0 unspecified atom stereocenters. The fourth-order valence-electron chi connectivity index (χ4n) is 2.24. The van der Waals surface area contributed by atoms with Gasteiger partial charge in [0.05, 0.1) is 6.26 Å². The van der Waals surface area contributed by atoms with E-state index in [1.807, 2.05) is 6.07 Å². The van der Waals surface area contributed by atoms with Crippen LogP contribution in [0.1, 0.15) is 28.1 Å².